The van der Waals surface area contributed by atoms with E-state index in [2.05, 4.69) is 26.3 Å². The zero-order chi connectivity index (χ0) is 16.3. The zero-order valence-electron chi connectivity index (χ0n) is 11.9. The van der Waals surface area contributed by atoms with Gasteiger partial charge in [-0.2, -0.15) is 5.10 Å². The number of nitro groups is 1. The van der Waals surface area contributed by atoms with E-state index in [9.17, 15) is 14.9 Å². The molecule has 22 heavy (non-hydrogen) atoms. The normalized spacial score (nSPS) is 10.3. The Balaban J connectivity index is 2.29. The van der Waals surface area contributed by atoms with Gasteiger partial charge in [0.1, 0.15) is 5.75 Å². The summed E-state index contributed by atoms with van der Waals surface area (Å²) in [6.45, 7) is 2.52. The van der Waals surface area contributed by atoms with E-state index < -0.39 is 10.8 Å². The molecule has 1 heterocycles. The number of amides is 1. The fourth-order valence-electron chi connectivity index (χ4n) is 1.78. The lowest BCUT2D eigenvalue weighted by molar-refractivity contribution is -0.384. The minimum absolute atomic E-state index is 0.173. The van der Waals surface area contributed by atoms with Crippen molar-refractivity contribution in [2.24, 2.45) is 0 Å². The maximum Gasteiger partial charge on any atom is 0.277 e. The van der Waals surface area contributed by atoms with Crippen molar-refractivity contribution in [2.75, 3.05) is 12.4 Å². The quantitative estimate of drug-likeness (QED) is 0.645. The SMILES string of the molecule is CCn1cc(Br)c(C(=O)Nc2cc(OC)cc([N+](=O)[O-])c2)n1. The second-order valence-corrected chi connectivity index (χ2v) is 5.17. The van der Waals surface area contributed by atoms with Gasteiger partial charge < -0.3 is 10.1 Å². The largest absolute Gasteiger partial charge is 0.496 e. The fourth-order valence-corrected chi connectivity index (χ4v) is 2.28. The molecule has 1 amide bonds. The highest BCUT2D eigenvalue weighted by Gasteiger charge is 2.17. The molecule has 1 N–H and O–H groups in total. The van der Waals surface area contributed by atoms with Gasteiger partial charge in [0.25, 0.3) is 11.6 Å². The Hall–Kier alpha value is -2.42. The lowest BCUT2D eigenvalue weighted by Gasteiger charge is -2.06. The highest BCUT2D eigenvalue weighted by molar-refractivity contribution is 9.10. The monoisotopic (exact) mass is 368 g/mol. The number of rotatable bonds is 5. The van der Waals surface area contributed by atoms with Crippen molar-refractivity contribution in [1.82, 2.24) is 9.78 Å². The van der Waals surface area contributed by atoms with Crippen molar-refractivity contribution < 1.29 is 14.5 Å². The predicted octanol–water partition coefficient (Wildman–Crippen LogP) is 2.83. The van der Waals surface area contributed by atoms with Gasteiger partial charge in [-0.3, -0.25) is 19.6 Å². The Kier molecular flexibility index (Phi) is 4.76. The fraction of sp³-hybridized carbons (Fsp3) is 0.231. The first-order valence-electron chi connectivity index (χ1n) is 6.32. The molecule has 0 radical (unpaired) electrons. The predicted molar refractivity (Wildman–Crippen MR) is 83.2 cm³/mol. The Morgan fingerprint density at radius 2 is 2.23 bits per heavy atom. The van der Waals surface area contributed by atoms with E-state index >= 15 is 0 Å². The average Bonchev–Trinajstić information content (AvgIpc) is 2.88. The maximum absolute atomic E-state index is 12.2. The van der Waals surface area contributed by atoms with Gasteiger partial charge in [0, 0.05) is 24.9 Å². The molecule has 0 aliphatic rings. The number of carbonyl (C=O) groups excluding carboxylic acids is 1. The first-order chi connectivity index (χ1) is 10.4. The van der Waals surface area contributed by atoms with Crippen LogP contribution in [0.25, 0.3) is 0 Å². The number of carbonyl (C=O) groups is 1. The molecule has 1 aromatic carbocycles. The number of ether oxygens (including phenoxy) is 1. The minimum Gasteiger partial charge on any atom is -0.496 e. The summed E-state index contributed by atoms with van der Waals surface area (Å²) in [7, 11) is 1.39. The van der Waals surface area contributed by atoms with Crippen LogP contribution in [-0.2, 0) is 6.54 Å². The van der Waals surface area contributed by atoms with Crippen molar-refractivity contribution in [1.29, 1.82) is 0 Å². The van der Waals surface area contributed by atoms with Gasteiger partial charge in [-0.15, -0.1) is 0 Å². The first-order valence-corrected chi connectivity index (χ1v) is 7.11. The van der Waals surface area contributed by atoms with Crippen LogP contribution in [0.15, 0.2) is 28.9 Å². The van der Waals surface area contributed by atoms with Crippen LogP contribution in [0.2, 0.25) is 0 Å². The number of aryl methyl sites for hydroxylation is 1. The number of anilines is 1. The molecule has 0 saturated heterocycles. The van der Waals surface area contributed by atoms with Gasteiger partial charge in [0.05, 0.1) is 28.3 Å². The summed E-state index contributed by atoms with van der Waals surface area (Å²) >= 11 is 3.26. The number of non-ortho nitro benzene ring substituents is 1. The van der Waals surface area contributed by atoms with E-state index in [0.717, 1.165) is 0 Å². The first kappa shape index (κ1) is 16.0. The molecule has 0 spiro atoms. The van der Waals surface area contributed by atoms with Gasteiger partial charge in [-0.25, -0.2) is 0 Å². The van der Waals surface area contributed by atoms with Crippen molar-refractivity contribution >= 4 is 33.2 Å². The topological polar surface area (TPSA) is 99.3 Å². The average molecular weight is 369 g/mol. The van der Waals surface area contributed by atoms with E-state index in [1.54, 1.807) is 10.9 Å². The van der Waals surface area contributed by atoms with Crippen molar-refractivity contribution in [3.63, 3.8) is 0 Å². The van der Waals surface area contributed by atoms with Gasteiger partial charge in [-0.05, 0) is 22.9 Å². The number of aromatic nitrogens is 2. The van der Waals surface area contributed by atoms with E-state index in [4.69, 9.17) is 4.74 Å². The van der Waals surface area contributed by atoms with Crippen LogP contribution in [-0.4, -0.2) is 27.7 Å². The van der Waals surface area contributed by atoms with Gasteiger partial charge in [-0.1, -0.05) is 0 Å². The maximum atomic E-state index is 12.2. The molecule has 2 rings (SSSR count). The summed E-state index contributed by atoms with van der Waals surface area (Å²) in [5.41, 5.74) is 0.286. The lowest BCUT2D eigenvalue weighted by Crippen LogP contribution is -2.14. The molecule has 2 aromatic rings. The molecule has 1 aromatic heterocycles. The number of nitrogens with one attached hydrogen (secondary N) is 1. The summed E-state index contributed by atoms with van der Waals surface area (Å²) in [5.74, 6) is -0.190. The summed E-state index contributed by atoms with van der Waals surface area (Å²) in [6, 6.07) is 4.03. The van der Waals surface area contributed by atoms with Crippen LogP contribution < -0.4 is 10.1 Å². The molecule has 0 atom stereocenters. The van der Waals surface area contributed by atoms with Gasteiger partial charge in [0.15, 0.2) is 5.69 Å². The third kappa shape index (κ3) is 3.42. The Bertz CT molecular complexity index is 729. The smallest absolute Gasteiger partial charge is 0.277 e. The van der Waals surface area contributed by atoms with E-state index in [1.165, 1.54) is 25.3 Å². The summed E-state index contributed by atoms with van der Waals surface area (Å²) < 4.78 is 7.14. The van der Waals surface area contributed by atoms with Gasteiger partial charge in [0.2, 0.25) is 0 Å². The molecule has 116 valence electrons. The highest BCUT2D eigenvalue weighted by Crippen LogP contribution is 2.26. The molecule has 0 bridgehead atoms. The number of hydrogen-bond donors (Lipinski definition) is 1. The van der Waals surface area contributed by atoms with Crippen molar-refractivity contribution in [2.45, 2.75) is 13.5 Å². The Morgan fingerprint density at radius 1 is 1.50 bits per heavy atom. The van der Waals surface area contributed by atoms with Crippen LogP contribution in [0.1, 0.15) is 17.4 Å². The summed E-state index contributed by atoms with van der Waals surface area (Å²) in [5, 5.41) is 17.6. The molecular formula is C13H13BrN4O4. The molecule has 0 fully saturated rings. The number of halogens is 1. The third-order valence-corrected chi connectivity index (χ3v) is 3.43. The lowest BCUT2D eigenvalue weighted by atomic mass is 10.2. The standard InChI is InChI=1S/C13H13BrN4O4/c1-3-17-7-11(14)12(16-17)13(19)15-8-4-9(18(20)21)6-10(5-8)22-2/h4-7H,3H2,1-2H3,(H,15,19). The summed E-state index contributed by atoms with van der Waals surface area (Å²) in [6.07, 6.45) is 1.68. The van der Waals surface area contributed by atoms with Crippen LogP contribution in [0.4, 0.5) is 11.4 Å². The third-order valence-electron chi connectivity index (χ3n) is 2.85. The molecule has 9 heteroatoms. The minimum atomic E-state index is -0.556. The number of nitro benzene ring substituents is 1. The van der Waals surface area contributed by atoms with E-state index in [0.29, 0.717) is 11.0 Å². The molecule has 0 unspecified atom stereocenters. The van der Waals surface area contributed by atoms with E-state index in [-0.39, 0.29) is 22.8 Å². The van der Waals surface area contributed by atoms with Crippen LogP contribution in [0.3, 0.4) is 0 Å². The number of hydrogen-bond acceptors (Lipinski definition) is 5. The second kappa shape index (κ2) is 6.56. The molecule has 0 aliphatic heterocycles. The van der Waals surface area contributed by atoms with E-state index in [1.807, 2.05) is 6.92 Å². The van der Waals surface area contributed by atoms with Crippen LogP contribution in [0.5, 0.6) is 5.75 Å². The zero-order valence-corrected chi connectivity index (χ0v) is 13.5. The highest BCUT2D eigenvalue weighted by atomic mass is 79.9. The summed E-state index contributed by atoms with van der Waals surface area (Å²) in [4.78, 5) is 22.5. The van der Waals surface area contributed by atoms with Crippen LogP contribution >= 0.6 is 15.9 Å². The number of methoxy groups -OCH3 is 1. The second-order valence-electron chi connectivity index (χ2n) is 4.31. The molecule has 8 nitrogen and oxygen atoms in total. The van der Waals surface area contributed by atoms with Crippen molar-refractivity contribution in [3.05, 3.63) is 44.7 Å². The van der Waals surface area contributed by atoms with Crippen LogP contribution in [0, 0.1) is 10.1 Å². The number of benzene rings is 1. The Morgan fingerprint density at radius 3 is 2.77 bits per heavy atom. The molecular weight excluding hydrogens is 356 g/mol. The Labute approximate surface area is 134 Å². The van der Waals surface area contributed by atoms with Gasteiger partial charge >= 0.3 is 0 Å². The number of nitrogens with zero attached hydrogens (tertiary/aromatic N) is 3. The molecule has 0 aliphatic carbocycles. The van der Waals surface area contributed by atoms with Crippen molar-refractivity contribution in [3.8, 4) is 5.75 Å². The molecule has 0 saturated carbocycles.